The summed E-state index contributed by atoms with van der Waals surface area (Å²) >= 11 is 0. The van der Waals surface area contributed by atoms with Crippen LogP contribution in [-0.2, 0) is 17.8 Å². The largest absolute Gasteiger partial charge is 0.497 e. The second-order valence-corrected chi connectivity index (χ2v) is 6.79. The number of benzene rings is 1. The summed E-state index contributed by atoms with van der Waals surface area (Å²) in [7, 11) is 1.68. The second kappa shape index (κ2) is 13.6. The van der Waals surface area contributed by atoms with Gasteiger partial charge in [-0.2, -0.15) is 0 Å². The summed E-state index contributed by atoms with van der Waals surface area (Å²) in [5.41, 5.74) is 1.15. The van der Waals surface area contributed by atoms with Gasteiger partial charge < -0.3 is 24.7 Å². The van der Waals surface area contributed by atoms with Crippen LogP contribution in [0.25, 0.3) is 0 Å². The molecule has 0 aliphatic heterocycles. The maximum Gasteiger partial charge on any atom is 0.191 e. The van der Waals surface area contributed by atoms with Gasteiger partial charge in [-0.25, -0.2) is 9.98 Å². The first-order valence-electron chi connectivity index (χ1n) is 10.4. The Balaban J connectivity index is 1.78. The van der Waals surface area contributed by atoms with Gasteiger partial charge in [0.2, 0.25) is 0 Å². The van der Waals surface area contributed by atoms with E-state index in [-0.39, 0.29) is 0 Å². The molecule has 2 N–H and O–H groups in total. The molecule has 0 aliphatic carbocycles. The molecule has 7 nitrogen and oxygen atoms in total. The van der Waals surface area contributed by atoms with Crippen molar-refractivity contribution in [1.29, 1.82) is 0 Å². The zero-order chi connectivity index (χ0) is 20.7. The van der Waals surface area contributed by atoms with E-state index < -0.39 is 0 Å². The van der Waals surface area contributed by atoms with Gasteiger partial charge in [-0.15, -0.1) is 0 Å². The van der Waals surface area contributed by atoms with Gasteiger partial charge in [-0.05, 0) is 50.8 Å². The predicted octanol–water partition coefficient (Wildman–Crippen LogP) is 3.14. The van der Waals surface area contributed by atoms with Crippen molar-refractivity contribution in [2.45, 2.75) is 46.2 Å². The van der Waals surface area contributed by atoms with E-state index in [0.29, 0.717) is 6.54 Å². The fraction of sp³-hybridized carbons (Fsp3) is 0.545. The lowest BCUT2D eigenvalue weighted by atomic mass is 10.2. The highest BCUT2D eigenvalue weighted by Crippen LogP contribution is 2.11. The van der Waals surface area contributed by atoms with Crippen molar-refractivity contribution in [3.8, 4) is 5.75 Å². The van der Waals surface area contributed by atoms with E-state index in [1.807, 2.05) is 50.5 Å². The molecular weight excluding hydrogens is 366 g/mol. The quantitative estimate of drug-likeness (QED) is 0.306. The highest BCUT2D eigenvalue weighted by Gasteiger charge is 2.01. The number of guanidine groups is 1. The Morgan fingerprint density at radius 3 is 2.52 bits per heavy atom. The molecule has 0 aliphatic rings. The van der Waals surface area contributed by atoms with Crippen molar-refractivity contribution >= 4 is 5.96 Å². The van der Waals surface area contributed by atoms with Crippen LogP contribution in [0.3, 0.4) is 0 Å². The molecule has 29 heavy (non-hydrogen) atoms. The highest BCUT2D eigenvalue weighted by atomic mass is 16.5. The Morgan fingerprint density at radius 2 is 1.86 bits per heavy atom. The molecule has 160 valence electrons. The molecule has 0 saturated carbocycles. The topological polar surface area (TPSA) is 72.7 Å². The van der Waals surface area contributed by atoms with E-state index in [1.54, 1.807) is 7.11 Å². The molecule has 2 aromatic rings. The summed E-state index contributed by atoms with van der Waals surface area (Å²) < 4.78 is 12.8. The maximum atomic E-state index is 5.40. The van der Waals surface area contributed by atoms with Crippen LogP contribution in [0.1, 0.15) is 37.6 Å². The number of aliphatic imine (C=N–C) groups is 1. The Hall–Kier alpha value is -2.54. The fourth-order valence-electron chi connectivity index (χ4n) is 2.85. The van der Waals surface area contributed by atoms with E-state index in [1.165, 1.54) is 0 Å². The molecule has 0 radical (unpaired) electrons. The van der Waals surface area contributed by atoms with E-state index in [2.05, 4.69) is 20.2 Å². The van der Waals surface area contributed by atoms with Gasteiger partial charge in [-0.1, -0.05) is 12.1 Å². The third-order valence-corrected chi connectivity index (χ3v) is 4.58. The summed E-state index contributed by atoms with van der Waals surface area (Å²) in [5, 5.41) is 6.85. The Morgan fingerprint density at radius 1 is 1.10 bits per heavy atom. The SMILES string of the molecule is CCOCCCNC(=NCc1ccc(OC)cc1)NCCCCn1ccnc1C. The zero-order valence-electron chi connectivity index (χ0n) is 18.0. The van der Waals surface area contributed by atoms with Crippen LogP contribution < -0.4 is 15.4 Å². The van der Waals surface area contributed by atoms with Crippen LogP contribution in [0.2, 0.25) is 0 Å². The minimum Gasteiger partial charge on any atom is -0.497 e. The number of nitrogens with zero attached hydrogens (tertiary/aromatic N) is 3. The molecule has 0 atom stereocenters. The number of methoxy groups -OCH3 is 1. The fourth-order valence-corrected chi connectivity index (χ4v) is 2.85. The highest BCUT2D eigenvalue weighted by molar-refractivity contribution is 5.79. The van der Waals surface area contributed by atoms with Crippen LogP contribution >= 0.6 is 0 Å². The molecule has 2 rings (SSSR count). The molecule has 0 spiro atoms. The van der Waals surface area contributed by atoms with Crippen LogP contribution in [0.5, 0.6) is 5.75 Å². The molecule has 0 amide bonds. The second-order valence-electron chi connectivity index (χ2n) is 6.79. The Bertz CT molecular complexity index is 712. The first kappa shape index (κ1) is 22.7. The van der Waals surface area contributed by atoms with Crippen LogP contribution in [0.15, 0.2) is 41.7 Å². The lowest BCUT2D eigenvalue weighted by Crippen LogP contribution is -2.38. The van der Waals surface area contributed by atoms with Gasteiger partial charge in [0.1, 0.15) is 11.6 Å². The first-order chi connectivity index (χ1) is 14.2. The number of ether oxygens (including phenoxy) is 2. The van der Waals surface area contributed by atoms with E-state index >= 15 is 0 Å². The van der Waals surface area contributed by atoms with Crippen molar-refractivity contribution in [3.63, 3.8) is 0 Å². The van der Waals surface area contributed by atoms with Gasteiger partial charge in [-0.3, -0.25) is 0 Å². The van der Waals surface area contributed by atoms with Crippen molar-refractivity contribution < 1.29 is 9.47 Å². The van der Waals surface area contributed by atoms with Crippen LogP contribution in [-0.4, -0.2) is 48.9 Å². The van der Waals surface area contributed by atoms with Crippen molar-refractivity contribution in [2.24, 2.45) is 4.99 Å². The van der Waals surface area contributed by atoms with Crippen molar-refractivity contribution in [1.82, 2.24) is 20.2 Å². The lowest BCUT2D eigenvalue weighted by Gasteiger charge is -2.13. The van der Waals surface area contributed by atoms with Crippen LogP contribution in [0, 0.1) is 6.92 Å². The summed E-state index contributed by atoms with van der Waals surface area (Å²) in [4.78, 5) is 8.99. The number of aromatic nitrogens is 2. The average molecular weight is 402 g/mol. The standard InChI is InChI=1S/C22H35N5O2/c1-4-29-17-7-13-25-22(26-18-20-8-10-21(28-3)11-9-20)24-12-5-6-15-27-16-14-23-19(27)2/h8-11,14,16H,4-7,12-13,15,17-18H2,1-3H3,(H2,24,25,26). The number of imidazole rings is 1. The summed E-state index contributed by atoms with van der Waals surface area (Å²) in [6.07, 6.45) is 7.01. The Kier molecular flexibility index (Phi) is 10.7. The third kappa shape index (κ3) is 9.00. The minimum absolute atomic E-state index is 0.624. The van der Waals surface area contributed by atoms with Crippen LogP contribution in [0.4, 0.5) is 0 Å². The van der Waals surface area contributed by atoms with Gasteiger partial charge in [0.15, 0.2) is 5.96 Å². The van der Waals surface area contributed by atoms with Gasteiger partial charge >= 0.3 is 0 Å². The summed E-state index contributed by atoms with van der Waals surface area (Å²) in [6.45, 7) is 8.91. The molecule has 1 aromatic carbocycles. The number of hydrogen-bond acceptors (Lipinski definition) is 4. The average Bonchev–Trinajstić information content (AvgIpc) is 3.16. The summed E-state index contributed by atoms with van der Waals surface area (Å²) in [5.74, 6) is 2.77. The molecule has 0 fully saturated rings. The maximum absolute atomic E-state index is 5.40. The zero-order valence-corrected chi connectivity index (χ0v) is 18.0. The normalized spacial score (nSPS) is 11.5. The monoisotopic (exact) mass is 401 g/mol. The molecule has 0 bridgehead atoms. The van der Waals surface area contributed by atoms with Crippen molar-refractivity contribution in [2.75, 3.05) is 33.4 Å². The van der Waals surface area contributed by atoms with E-state index in [9.17, 15) is 0 Å². The smallest absolute Gasteiger partial charge is 0.191 e. The predicted molar refractivity (Wildman–Crippen MR) is 117 cm³/mol. The van der Waals surface area contributed by atoms with E-state index in [0.717, 1.165) is 75.2 Å². The Labute approximate surface area is 174 Å². The molecule has 1 aromatic heterocycles. The molecule has 7 heteroatoms. The minimum atomic E-state index is 0.624. The van der Waals surface area contributed by atoms with Gasteiger partial charge in [0, 0.05) is 45.2 Å². The molecular formula is C22H35N5O2. The number of rotatable bonds is 13. The van der Waals surface area contributed by atoms with Crippen molar-refractivity contribution in [3.05, 3.63) is 48.0 Å². The summed E-state index contributed by atoms with van der Waals surface area (Å²) in [6, 6.07) is 8.02. The van der Waals surface area contributed by atoms with Gasteiger partial charge in [0.05, 0.1) is 13.7 Å². The van der Waals surface area contributed by atoms with Gasteiger partial charge in [0.25, 0.3) is 0 Å². The lowest BCUT2D eigenvalue weighted by molar-refractivity contribution is 0.145. The number of unbranched alkanes of at least 4 members (excludes halogenated alkanes) is 1. The molecule has 0 unspecified atom stereocenters. The number of aryl methyl sites for hydroxylation is 2. The molecule has 0 saturated heterocycles. The number of hydrogen-bond donors (Lipinski definition) is 2. The number of nitrogens with one attached hydrogen (secondary N) is 2. The first-order valence-corrected chi connectivity index (χ1v) is 10.4. The van der Waals surface area contributed by atoms with E-state index in [4.69, 9.17) is 14.5 Å². The molecule has 1 heterocycles. The third-order valence-electron chi connectivity index (χ3n) is 4.58.